The van der Waals surface area contributed by atoms with Gasteiger partial charge in [0.2, 0.25) is 70.9 Å². The third-order valence-electron chi connectivity index (χ3n) is 15.7. The summed E-state index contributed by atoms with van der Waals surface area (Å²) in [6.45, 7) is -2.71. The molecule has 0 aliphatic carbocycles. The highest BCUT2D eigenvalue weighted by Crippen LogP contribution is 2.17. The lowest BCUT2D eigenvalue weighted by molar-refractivity contribution is -0.174. The molecular weight excluding hydrogens is 1420 g/mol. The van der Waals surface area contributed by atoms with E-state index in [0.29, 0.717) is 11.1 Å². The van der Waals surface area contributed by atoms with Crippen molar-refractivity contribution in [3.05, 3.63) is 71.8 Å². The second-order valence-corrected chi connectivity index (χ2v) is 24.2. The summed E-state index contributed by atoms with van der Waals surface area (Å²) in [5, 5.41) is 70.3. The van der Waals surface area contributed by atoms with Crippen LogP contribution in [-0.2, 0) is 89.6 Å². The summed E-state index contributed by atoms with van der Waals surface area (Å²) in [6, 6.07) is 1.04. The molecule has 0 aromatic heterocycles. The molecule has 37 nitrogen and oxygen atoms in total. The van der Waals surface area contributed by atoms with Crippen LogP contribution in [-0.4, -0.2) is 223 Å². The van der Waals surface area contributed by atoms with Gasteiger partial charge in [0.15, 0.2) is 11.9 Å². The van der Waals surface area contributed by atoms with Gasteiger partial charge in [-0.05, 0) is 81.8 Å². The number of amides is 14. The lowest BCUT2D eigenvalue weighted by Gasteiger charge is -2.26. The molecule has 4 rings (SSSR count). The molecule has 14 amide bonds. The van der Waals surface area contributed by atoms with Gasteiger partial charge in [-0.3, -0.25) is 92.8 Å². The summed E-state index contributed by atoms with van der Waals surface area (Å²) in [7, 11) is 0. The second-order valence-electron chi connectivity index (χ2n) is 24.2. The Labute approximate surface area is 600 Å². The first-order valence-electron chi connectivity index (χ1n) is 33.2. The van der Waals surface area contributed by atoms with Gasteiger partial charge in [0.1, 0.15) is 54.4 Å². The second kappa shape index (κ2) is 43.4. The van der Waals surface area contributed by atoms with Crippen molar-refractivity contribution in [2.24, 2.45) is 5.73 Å². The molecule has 0 radical (unpaired) electrons. The molecule has 106 heavy (non-hydrogen) atoms. The number of benzene rings is 2. The van der Waals surface area contributed by atoms with E-state index >= 15 is 0 Å². The third kappa shape index (κ3) is 32.7. The highest BCUT2D eigenvalue weighted by Gasteiger charge is 2.42. The Morgan fingerprint density at radius 2 is 0.811 bits per heavy atom. The quantitative estimate of drug-likeness (QED) is 0.0146. The zero-order valence-corrected chi connectivity index (χ0v) is 56.8. The molecule has 2 aliphatic rings. The van der Waals surface area contributed by atoms with E-state index in [1.807, 2.05) is 0 Å². The average Bonchev–Trinajstić information content (AvgIpc) is 1.33. The standard InChI is InChI=1S/C63H85F6N19O18/c64-62(65,66)58(105)87-39(49(96)74-24-10-8-18-38-53(100)81-35(19-11-25-75-60(70)71)50(97)77-31-45(90)79-42(29-47(92)93)57(104)86-41(55(102)84-38)28-34-15-5-2-6-16-34)21-22-44(89)73-23-9-7-17-37-52(99)82-36(20-12-26-76-61(72)88-59(106)63(67,68)69)51(98)78-32-46(91)80-43(30-48(94)95)56(103)85-40(54(101)83-37)27-33-13-3-1-4-14-33/h1-6,13-16,35-43H,7-12,17-32H2,(H,73,89)(H,74,96)(H,77,97)(H,78,98)(H,79,90)(H,80,91)(H,81,100)(H,82,99)(H,83,101)(H,84,102)(H,85,103)(H,86,104)(H,87,105)(H,92,93)(H,94,95)(H4,70,71,75)(H3,72,76,88,106)/t35-,36-,37-,38-,39-,40+,41+,42-,43-/m0/s1. The van der Waals surface area contributed by atoms with Crippen molar-refractivity contribution in [3.8, 4) is 0 Å². The van der Waals surface area contributed by atoms with E-state index in [0.717, 1.165) is 0 Å². The number of carbonyl (C=O) groups is 16. The maximum Gasteiger partial charge on any atom is 0.471 e. The largest absolute Gasteiger partial charge is 0.481 e. The fourth-order valence-corrected chi connectivity index (χ4v) is 10.3. The van der Waals surface area contributed by atoms with Crippen LogP contribution in [0.4, 0.5) is 26.3 Å². The molecule has 22 N–H and O–H groups in total. The number of carbonyl (C=O) groups excluding carboxylic acids is 14. The van der Waals surface area contributed by atoms with Crippen LogP contribution >= 0.6 is 0 Å². The summed E-state index contributed by atoms with van der Waals surface area (Å²) in [4.78, 5) is 211. The first-order valence-corrected chi connectivity index (χ1v) is 33.2. The van der Waals surface area contributed by atoms with Crippen LogP contribution in [0.15, 0.2) is 60.7 Å². The van der Waals surface area contributed by atoms with Crippen LogP contribution in [0.2, 0.25) is 0 Å². The van der Waals surface area contributed by atoms with E-state index in [-0.39, 0.29) is 90.3 Å². The van der Waals surface area contributed by atoms with Crippen LogP contribution in [0.1, 0.15) is 101 Å². The van der Waals surface area contributed by atoms with Gasteiger partial charge in [-0.25, -0.2) is 0 Å². The average molecular weight is 1510 g/mol. The molecule has 2 saturated heterocycles. The summed E-state index contributed by atoms with van der Waals surface area (Å²) in [6.07, 6.45) is -16.4. The van der Waals surface area contributed by atoms with Crippen molar-refractivity contribution < 1.29 is 113 Å². The maximum absolute atomic E-state index is 14.2. The minimum Gasteiger partial charge on any atom is -0.481 e. The Bertz CT molecular complexity index is 3490. The minimum atomic E-state index is -5.52. The monoisotopic (exact) mass is 1510 g/mol. The Hall–Kier alpha value is -11.7. The fraction of sp³-hybridized carbons (Fsp3) is 0.524. The molecule has 0 saturated carbocycles. The summed E-state index contributed by atoms with van der Waals surface area (Å²) >= 11 is 0. The number of nitrogens with one attached hydrogen (secondary N) is 18. The number of hydrogen-bond donors (Lipinski definition) is 21. The minimum absolute atomic E-state index is 0.0295. The van der Waals surface area contributed by atoms with Crippen molar-refractivity contribution in [2.75, 3.05) is 39.3 Å². The Balaban J connectivity index is 1.50. The Morgan fingerprint density at radius 1 is 0.453 bits per heavy atom. The third-order valence-corrected chi connectivity index (χ3v) is 15.7. The van der Waals surface area contributed by atoms with Crippen LogP contribution in [0.25, 0.3) is 0 Å². The number of rotatable bonds is 31. The van der Waals surface area contributed by atoms with Crippen LogP contribution in [0.3, 0.4) is 0 Å². The van der Waals surface area contributed by atoms with Crippen molar-refractivity contribution in [1.29, 1.82) is 10.8 Å². The van der Waals surface area contributed by atoms with E-state index in [4.69, 9.17) is 16.6 Å². The van der Waals surface area contributed by atoms with Gasteiger partial charge in [-0.2, -0.15) is 26.3 Å². The Morgan fingerprint density at radius 3 is 1.22 bits per heavy atom. The molecule has 0 unspecified atom stereocenters. The number of carboxylic acids is 2. The molecule has 582 valence electrons. The molecule has 0 spiro atoms. The van der Waals surface area contributed by atoms with Crippen LogP contribution < -0.4 is 90.8 Å². The molecule has 2 aromatic carbocycles. The molecule has 43 heteroatoms. The van der Waals surface area contributed by atoms with Crippen molar-refractivity contribution >= 4 is 107 Å². The zero-order chi connectivity index (χ0) is 78.7. The van der Waals surface area contributed by atoms with Crippen molar-refractivity contribution in [2.45, 2.75) is 169 Å². The number of guanidine groups is 2. The zero-order valence-electron chi connectivity index (χ0n) is 56.8. The van der Waals surface area contributed by atoms with E-state index < -0.39 is 225 Å². The maximum atomic E-state index is 14.2. The molecular formula is C63H85F6N19O18. The fourth-order valence-electron chi connectivity index (χ4n) is 10.3. The highest BCUT2D eigenvalue weighted by molar-refractivity contribution is 6.01. The van der Waals surface area contributed by atoms with Gasteiger partial charge in [0, 0.05) is 45.4 Å². The Kier molecular flexibility index (Phi) is 35.5. The van der Waals surface area contributed by atoms with Gasteiger partial charge in [-0.1, -0.05) is 60.7 Å². The van der Waals surface area contributed by atoms with E-state index in [9.17, 15) is 113 Å². The number of carboxylic acid groups (broad SMARTS) is 2. The smallest absolute Gasteiger partial charge is 0.471 e. The van der Waals surface area contributed by atoms with Gasteiger partial charge >= 0.3 is 36.1 Å². The number of aliphatic carboxylic acids is 2. The predicted molar refractivity (Wildman–Crippen MR) is 356 cm³/mol. The molecule has 2 aromatic rings. The first kappa shape index (κ1) is 86.7. The number of nitrogens with two attached hydrogens (primary N) is 1. The molecule has 9 atom stereocenters. The van der Waals surface area contributed by atoms with Gasteiger partial charge in [0.05, 0.1) is 25.9 Å². The number of alkyl halides is 6. The summed E-state index contributed by atoms with van der Waals surface area (Å²) < 4.78 is 79.3. The number of hydrogen-bond acceptors (Lipinski definition) is 18. The summed E-state index contributed by atoms with van der Waals surface area (Å²) in [5.41, 5.74) is 6.29. The van der Waals surface area contributed by atoms with Gasteiger partial charge < -0.3 is 95.7 Å². The van der Waals surface area contributed by atoms with Crippen LogP contribution in [0.5, 0.6) is 0 Å². The highest BCUT2D eigenvalue weighted by atomic mass is 19.4. The van der Waals surface area contributed by atoms with Gasteiger partial charge in [-0.15, -0.1) is 0 Å². The summed E-state index contributed by atoms with van der Waals surface area (Å²) in [5.74, 6) is -22.3. The topological polar surface area (TPSA) is 580 Å². The van der Waals surface area contributed by atoms with Crippen molar-refractivity contribution in [3.63, 3.8) is 0 Å². The van der Waals surface area contributed by atoms with E-state index in [1.54, 1.807) is 60.7 Å². The molecule has 2 heterocycles. The van der Waals surface area contributed by atoms with Crippen molar-refractivity contribution in [1.82, 2.24) is 85.1 Å². The molecule has 0 bridgehead atoms. The molecule has 2 fully saturated rings. The lowest BCUT2D eigenvalue weighted by atomic mass is 10.0. The van der Waals surface area contributed by atoms with Crippen LogP contribution in [0, 0.1) is 10.8 Å². The predicted octanol–water partition coefficient (Wildman–Crippen LogP) is -4.79. The van der Waals surface area contributed by atoms with E-state index in [2.05, 4.69) is 74.4 Å². The normalized spacial score (nSPS) is 20.7. The van der Waals surface area contributed by atoms with E-state index in [1.165, 1.54) is 10.6 Å². The SMILES string of the molecule is N=C(N)NCCC[C@@H]1NC(=O)[C@H](CCCCNC(=O)[C@H](CCC(=O)NCCCC[C@@H]2NC(=O)[C@@H](Cc3ccccc3)NC(=O)[C@H](CC(=O)O)NC(=O)CNC(=O)[C@H](CCCNC(=N)NC(=O)C(F)(F)F)NC2=O)NC(=O)C(F)(F)F)NC(=O)[C@@H](Cc2ccccc2)NC(=O)[C@H](CC(=O)O)NC(=O)CNC1=O. The van der Waals surface area contributed by atoms with Gasteiger partial charge in [0.25, 0.3) is 0 Å². The number of halogens is 6. The lowest BCUT2D eigenvalue weighted by Crippen LogP contribution is -2.58. The number of unbranched alkanes of at least 4 members (excludes halogenated alkanes) is 2. The molecule has 2 aliphatic heterocycles. The first-order chi connectivity index (χ1) is 50.0.